The van der Waals surface area contributed by atoms with Gasteiger partial charge >= 0.3 is 11.9 Å². The molecule has 0 aliphatic heterocycles. The van der Waals surface area contributed by atoms with E-state index in [4.69, 9.17) is 9.47 Å². The minimum Gasteiger partial charge on any atom is -0.469 e. The van der Waals surface area contributed by atoms with Crippen LogP contribution in [0.3, 0.4) is 0 Å². The van der Waals surface area contributed by atoms with E-state index in [0.717, 1.165) is 38.5 Å². The van der Waals surface area contributed by atoms with Gasteiger partial charge in [0.15, 0.2) is 0 Å². The van der Waals surface area contributed by atoms with Crippen LogP contribution in [0.5, 0.6) is 0 Å². The predicted molar refractivity (Wildman–Crippen MR) is 147 cm³/mol. The molecule has 8 unspecified atom stereocenters. The molecule has 3 fully saturated rings. The van der Waals surface area contributed by atoms with Gasteiger partial charge < -0.3 is 9.47 Å². The smallest absolute Gasteiger partial charge is 0.312 e. The first-order chi connectivity index (χ1) is 17.5. The van der Waals surface area contributed by atoms with Crippen LogP contribution in [0, 0.1) is 44.3 Å². The lowest BCUT2D eigenvalue weighted by Crippen LogP contribution is -2.63. The van der Waals surface area contributed by atoms with E-state index in [2.05, 4.69) is 53.7 Å². The molecule has 0 radical (unpaired) electrons. The fourth-order valence-corrected chi connectivity index (χ4v) is 10.4. The molecule has 0 heterocycles. The predicted octanol–water partition coefficient (Wildman–Crippen LogP) is 6.99. The maximum absolute atomic E-state index is 13.6. The molecule has 0 bridgehead atoms. The summed E-state index contributed by atoms with van der Waals surface area (Å²) in [5.41, 5.74) is 1.18. The summed E-state index contributed by atoms with van der Waals surface area (Å²) >= 11 is 0. The fraction of sp³-hybridized carbons (Fsp3) is 0.788. The summed E-state index contributed by atoms with van der Waals surface area (Å²) in [5.74, 6) is 0.581. The van der Waals surface area contributed by atoms with Crippen molar-refractivity contribution in [3.63, 3.8) is 0 Å². The molecule has 5 aliphatic rings. The number of hydrogen-bond donors (Lipinski definition) is 0. The third-order valence-corrected chi connectivity index (χ3v) is 13.0. The zero-order valence-corrected chi connectivity index (χ0v) is 25.1. The Morgan fingerprint density at radius 2 is 1.61 bits per heavy atom. The Hall–Kier alpha value is -1.91. The van der Waals surface area contributed by atoms with Crippen LogP contribution < -0.4 is 0 Å². The lowest BCUT2D eigenvalue weighted by molar-refractivity contribution is -0.197. The highest BCUT2D eigenvalue weighted by molar-refractivity contribution is 5.95. The molecule has 5 rings (SSSR count). The van der Waals surface area contributed by atoms with E-state index < -0.39 is 10.8 Å². The zero-order valence-electron chi connectivity index (χ0n) is 25.1. The first-order valence-corrected chi connectivity index (χ1v) is 14.7. The molecular formula is C33H48O5. The average Bonchev–Trinajstić information content (AvgIpc) is 2.82. The van der Waals surface area contributed by atoms with Gasteiger partial charge in [-0.15, -0.1) is 0 Å². The number of carbonyl (C=O) groups excluding carboxylic acids is 3. The Balaban J connectivity index is 1.61. The maximum Gasteiger partial charge on any atom is 0.312 e. The van der Waals surface area contributed by atoms with E-state index in [1.807, 2.05) is 6.92 Å². The van der Waals surface area contributed by atoms with Crippen LogP contribution in [-0.4, -0.2) is 30.9 Å². The lowest BCUT2D eigenvalue weighted by atomic mass is 9.35. The molecule has 0 saturated heterocycles. The lowest BCUT2D eigenvalue weighted by Gasteiger charge is -2.69. The van der Waals surface area contributed by atoms with E-state index in [-0.39, 0.29) is 51.9 Å². The normalized spacial score (nSPS) is 47.3. The van der Waals surface area contributed by atoms with Gasteiger partial charge in [0.2, 0.25) is 0 Å². The number of methoxy groups -OCH3 is 1. The van der Waals surface area contributed by atoms with Crippen molar-refractivity contribution in [2.75, 3.05) is 7.11 Å². The number of carbonyl (C=O) groups is 3. The zero-order chi connectivity index (χ0) is 28.1. The van der Waals surface area contributed by atoms with Gasteiger partial charge in [0.25, 0.3) is 0 Å². The summed E-state index contributed by atoms with van der Waals surface area (Å²) in [6, 6.07) is 0. The first-order valence-electron chi connectivity index (χ1n) is 14.7. The van der Waals surface area contributed by atoms with Crippen LogP contribution >= 0.6 is 0 Å². The van der Waals surface area contributed by atoms with Crippen molar-refractivity contribution in [1.29, 1.82) is 0 Å². The molecule has 0 aromatic heterocycles. The highest BCUT2D eigenvalue weighted by Gasteiger charge is 2.67. The van der Waals surface area contributed by atoms with E-state index in [0.29, 0.717) is 18.3 Å². The molecule has 0 amide bonds. The van der Waals surface area contributed by atoms with Gasteiger partial charge in [-0.2, -0.15) is 0 Å². The number of ether oxygens (including phenoxy) is 2. The minimum absolute atomic E-state index is 0.0390. The Bertz CT molecular complexity index is 1150. The van der Waals surface area contributed by atoms with Gasteiger partial charge in [0.05, 0.1) is 12.5 Å². The summed E-state index contributed by atoms with van der Waals surface area (Å²) in [4.78, 5) is 38.4. The van der Waals surface area contributed by atoms with Crippen molar-refractivity contribution in [2.45, 2.75) is 113 Å². The fourth-order valence-electron chi connectivity index (χ4n) is 10.4. The minimum atomic E-state index is -0.805. The van der Waals surface area contributed by atoms with Gasteiger partial charge in [-0.1, -0.05) is 52.3 Å². The number of allylic oxidation sites excluding steroid dienone is 4. The SMILES string of the molecule is COC(=O)C1(C)CC(=O)C2(C)CCC3(C)C(=C2C1)C=CC1C2(C)CCC(OC(C)=O)C(C)(C)C2CCC13C. The van der Waals surface area contributed by atoms with Crippen LogP contribution in [0.1, 0.15) is 107 Å². The highest BCUT2D eigenvalue weighted by atomic mass is 16.5. The van der Waals surface area contributed by atoms with E-state index in [1.54, 1.807) is 0 Å². The van der Waals surface area contributed by atoms with Crippen molar-refractivity contribution >= 4 is 17.7 Å². The molecule has 0 aromatic rings. The van der Waals surface area contributed by atoms with Gasteiger partial charge in [-0.25, -0.2) is 0 Å². The summed E-state index contributed by atoms with van der Waals surface area (Å²) < 4.78 is 11.0. The van der Waals surface area contributed by atoms with Gasteiger partial charge in [0, 0.05) is 24.2 Å². The van der Waals surface area contributed by atoms with Crippen molar-refractivity contribution in [2.24, 2.45) is 44.3 Å². The monoisotopic (exact) mass is 524 g/mol. The van der Waals surface area contributed by atoms with Gasteiger partial charge in [0.1, 0.15) is 11.9 Å². The number of ketones is 1. The largest absolute Gasteiger partial charge is 0.469 e. The van der Waals surface area contributed by atoms with Crippen molar-refractivity contribution in [3.05, 3.63) is 23.3 Å². The first kappa shape index (κ1) is 27.6. The summed E-state index contributed by atoms with van der Waals surface area (Å²) in [5, 5.41) is 0. The van der Waals surface area contributed by atoms with Crippen molar-refractivity contribution in [3.8, 4) is 0 Å². The summed E-state index contributed by atoms with van der Waals surface area (Å²) in [6.45, 7) is 17.6. The second kappa shape index (κ2) is 8.30. The summed E-state index contributed by atoms with van der Waals surface area (Å²) in [7, 11) is 1.43. The van der Waals surface area contributed by atoms with Gasteiger partial charge in [-0.3, -0.25) is 14.4 Å². The molecule has 5 aliphatic carbocycles. The molecular weight excluding hydrogens is 476 g/mol. The third kappa shape index (κ3) is 3.38. The Kier molecular flexibility index (Phi) is 6.04. The van der Waals surface area contributed by atoms with E-state index in [1.165, 1.54) is 25.2 Å². The molecule has 0 N–H and O–H groups in total. The van der Waals surface area contributed by atoms with E-state index in [9.17, 15) is 14.4 Å². The Morgan fingerprint density at radius 3 is 2.24 bits per heavy atom. The molecule has 210 valence electrons. The number of esters is 2. The standard InChI is InChI=1S/C33H48O5/c1-20(34)38-26-13-14-31(6)23(28(26,2)3)12-15-33(8)24(31)11-10-21-22-18-29(4,27(36)37-9)19-25(35)30(22,5)16-17-32(21,33)7/h10-11,23-24,26H,12-19H2,1-9H3. The third-order valence-electron chi connectivity index (χ3n) is 13.0. The quantitative estimate of drug-likeness (QED) is 0.364. The van der Waals surface area contributed by atoms with Crippen LogP contribution in [0.25, 0.3) is 0 Å². The number of hydrogen-bond acceptors (Lipinski definition) is 5. The molecule has 0 aromatic carbocycles. The van der Waals surface area contributed by atoms with Crippen LogP contribution in [-0.2, 0) is 23.9 Å². The average molecular weight is 525 g/mol. The Morgan fingerprint density at radius 1 is 0.921 bits per heavy atom. The molecule has 5 nitrogen and oxygen atoms in total. The van der Waals surface area contributed by atoms with Crippen LogP contribution in [0.2, 0.25) is 0 Å². The van der Waals surface area contributed by atoms with Crippen LogP contribution in [0.15, 0.2) is 23.3 Å². The van der Waals surface area contributed by atoms with Crippen LogP contribution in [0.4, 0.5) is 0 Å². The number of fused-ring (bicyclic) bond motifs is 6. The van der Waals surface area contributed by atoms with Crippen molar-refractivity contribution in [1.82, 2.24) is 0 Å². The summed E-state index contributed by atoms with van der Waals surface area (Å²) in [6.07, 6.45) is 11.6. The topological polar surface area (TPSA) is 69.7 Å². The number of rotatable bonds is 2. The maximum atomic E-state index is 13.6. The Labute approximate surface area is 229 Å². The molecule has 0 spiro atoms. The number of Topliss-reactive ketones (excluding diaryl/α,β-unsaturated/α-hetero) is 1. The molecule has 8 atom stereocenters. The van der Waals surface area contributed by atoms with E-state index >= 15 is 0 Å². The van der Waals surface area contributed by atoms with Crippen molar-refractivity contribution < 1.29 is 23.9 Å². The molecule has 3 saturated carbocycles. The van der Waals surface area contributed by atoms with Gasteiger partial charge in [-0.05, 0) is 92.4 Å². The molecule has 38 heavy (non-hydrogen) atoms. The second-order valence-electron chi connectivity index (χ2n) is 15.2. The highest BCUT2D eigenvalue weighted by Crippen LogP contribution is 2.74. The second-order valence-corrected chi connectivity index (χ2v) is 15.2. The molecule has 5 heteroatoms.